The smallest absolute Gasteiger partial charge is 0.226 e. The third-order valence-corrected chi connectivity index (χ3v) is 5.70. The zero-order valence-corrected chi connectivity index (χ0v) is 16.7. The summed E-state index contributed by atoms with van der Waals surface area (Å²) in [6.45, 7) is 9.20. The van der Waals surface area contributed by atoms with E-state index in [1.165, 1.54) is 12.1 Å². The quantitative estimate of drug-likeness (QED) is 0.812. The van der Waals surface area contributed by atoms with E-state index in [2.05, 4.69) is 23.7 Å². The molecule has 0 bridgehead atoms. The molecule has 2 fully saturated rings. The van der Waals surface area contributed by atoms with Gasteiger partial charge in [0.15, 0.2) is 0 Å². The molecule has 2 heterocycles. The maximum Gasteiger partial charge on any atom is 0.226 e. The van der Waals surface area contributed by atoms with Gasteiger partial charge in [0.2, 0.25) is 5.91 Å². The first-order chi connectivity index (χ1) is 13.4. The fraction of sp³-hybridized carbons (Fsp3) is 0.500. The third-order valence-electron chi connectivity index (χ3n) is 5.70. The molecule has 1 aromatic carbocycles. The van der Waals surface area contributed by atoms with Gasteiger partial charge in [-0.1, -0.05) is 26.0 Å². The van der Waals surface area contributed by atoms with E-state index in [0.717, 1.165) is 42.4 Å². The van der Waals surface area contributed by atoms with Crippen LogP contribution in [-0.2, 0) is 4.79 Å². The van der Waals surface area contributed by atoms with E-state index in [-0.39, 0.29) is 23.6 Å². The number of benzene rings is 1. The summed E-state index contributed by atoms with van der Waals surface area (Å²) < 4.78 is 13.1. The SMILES string of the molecule is Cc1cc(N2CCN(C(=O)C3CC3c3ccc(F)cc3)CC2)nc(C(C)C)n1. The lowest BCUT2D eigenvalue weighted by molar-refractivity contribution is -0.133. The van der Waals surface area contributed by atoms with Gasteiger partial charge in [-0.15, -0.1) is 0 Å². The molecule has 1 aliphatic carbocycles. The lowest BCUT2D eigenvalue weighted by Gasteiger charge is -2.36. The number of hydrogen-bond acceptors (Lipinski definition) is 4. The molecule has 2 unspecified atom stereocenters. The Labute approximate surface area is 165 Å². The highest BCUT2D eigenvalue weighted by atomic mass is 19.1. The third kappa shape index (κ3) is 3.86. The van der Waals surface area contributed by atoms with Crippen LogP contribution in [0.25, 0.3) is 0 Å². The lowest BCUT2D eigenvalue weighted by atomic mass is 10.1. The molecule has 1 amide bonds. The lowest BCUT2D eigenvalue weighted by Crippen LogP contribution is -2.49. The molecule has 2 atom stereocenters. The van der Waals surface area contributed by atoms with Crippen molar-refractivity contribution < 1.29 is 9.18 Å². The van der Waals surface area contributed by atoms with Gasteiger partial charge in [-0.3, -0.25) is 4.79 Å². The first-order valence-electron chi connectivity index (χ1n) is 10.1. The van der Waals surface area contributed by atoms with Crippen LogP contribution in [0.4, 0.5) is 10.2 Å². The van der Waals surface area contributed by atoms with Gasteiger partial charge in [0.1, 0.15) is 17.5 Å². The van der Waals surface area contributed by atoms with Crippen molar-refractivity contribution in [2.45, 2.75) is 39.0 Å². The topological polar surface area (TPSA) is 49.3 Å². The summed E-state index contributed by atoms with van der Waals surface area (Å²) in [5.41, 5.74) is 2.04. The van der Waals surface area contributed by atoms with E-state index < -0.39 is 0 Å². The van der Waals surface area contributed by atoms with Crippen molar-refractivity contribution in [2.24, 2.45) is 5.92 Å². The number of carbonyl (C=O) groups is 1. The Kier molecular flexibility index (Phi) is 5.04. The number of anilines is 1. The molecule has 0 spiro atoms. The van der Waals surface area contributed by atoms with Crippen molar-refractivity contribution in [1.29, 1.82) is 0 Å². The Morgan fingerprint density at radius 2 is 1.79 bits per heavy atom. The Hall–Kier alpha value is -2.50. The highest BCUT2D eigenvalue weighted by Crippen LogP contribution is 2.48. The second kappa shape index (κ2) is 7.49. The Bertz CT molecular complexity index is 859. The van der Waals surface area contributed by atoms with Gasteiger partial charge >= 0.3 is 0 Å². The predicted molar refractivity (Wildman–Crippen MR) is 107 cm³/mol. The minimum Gasteiger partial charge on any atom is -0.353 e. The normalized spacial score (nSPS) is 21.9. The van der Waals surface area contributed by atoms with E-state index in [1.807, 2.05) is 17.9 Å². The van der Waals surface area contributed by atoms with Crippen molar-refractivity contribution >= 4 is 11.7 Å². The molecule has 2 aromatic rings. The highest BCUT2D eigenvalue weighted by molar-refractivity contribution is 5.83. The van der Waals surface area contributed by atoms with Gasteiger partial charge in [0.25, 0.3) is 0 Å². The molecular weight excluding hydrogens is 355 g/mol. The molecule has 1 aromatic heterocycles. The number of rotatable bonds is 4. The maximum atomic E-state index is 13.1. The van der Waals surface area contributed by atoms with Gasteiger partial charge in [0, 0.05) is 49.8 Å². The molecule has 28 heavy (non-hydrogen) atoms. The van der Waals surface area contributed by atoms with E-state index in [9.17, 15) is 9.18 Å². The van der Waals surface area contributed by atoms with E-state index >= 15 is 0 Å². The van der Waals surface area contributed by atoms with Gasteiger partial charge in [-0.05, 0) is 37.0 Å². The summed E-state index contributed by atoms with van der Waals surface area (Å²) in [6.07, 6.45) is 0.869. The number of aromatic nitrogens is 2. The highest BCUT2D eigenvalue weighted by Gasteiger charge is 2.46. The summed E-state index contributed by atoms with van der Waals surface area (Å²) >= 11 is 0. The first kappa shape index (κ1) is 18.8. The maximum absolute atomic E-state index is 13.1. The van der Waals surface area contributed by atoms with Crippen LogP contribution < -0.4 is 4.90 Å². The van der Waals surface area contributed by atoms with Crippen LogP contribution in [0.15, 0.2) is 30.3 Å². The number of aryl methyl sites for hydroxylation is 1. The average Bonchev–Trinajstić information content (AvgIpc) is 3.48. The van der Waals surface area contributed by atoms with Crippen molar-refractivity contribution in [1.82, 2.24) is 14.9 Å². The minimum absolute atomic E-state index is 0.0471. The van der Waals surface area contributed by atoms with Crippen LogP contribution in [0.3, 0.4) is 0 Å². The second-order valence-electron chi connectivity index (χ2n) is 8.19. The number of hydrogen-bond donors (Lipinski definition) is 0. The largest absolute Gasteiger partial charge is 0.353 e. The number of carbonyl (C=O) groups excluding carboxylic acids is 1. The zero-order valence-electron chi connectivity index (χ0n) is 16.7. The summed E-state index contributed by atoms with van der Waals surface area (Å²) in [6, 6.07) is 8.57. The molecule has 1 saturated heterocycles. The summed E-state index contributed by atoms with van der Waals surface area (Å²) in [4.78, 5) is 26.3. The van der Waals surface area contributed by atoms with E-state index in [1.54, 1.807) is 12.1 Å². The Morgan fingerprint density at radius 3 is 2.43 bits per heavy atom. The van der Waals surface area contributed by atoms with Crippen molar-refractivity contribution in [3.05, 3.63) is 53.2 Å². The number of nitrogens with zero attached hydrogens (tertiary/aromatic N) is 4. The van der Waals surface area contributed by atoms with Crippen molar-refractivity contribution in [3.63, 3.8) is 0 Å². The van der Waals surface area contributed by atoms with Crippen LogP contribution in [0.5, 0.6) is 0 Å². The summed E-state index contributed by atoms with van der Waals surface area (Å²) in [5.74, 6) is 2.40. The zero-order chi connectivity index (χ0) is 19.8. The van der Waals surface area contributed by atoms with Gasteiger partial charge in [-0.25, -0.2) is 14.4 Å². The van der Waals surface area contributed by atoms with Crippen LogP contribution in [0.2, 0.25) is 0 Å². The first-order valence-corrected chi connectivity index (χ1v) is 10.1. The molecule has 4 rings (SSSR count). The van der Waals surface area contributed by atoms with Crippen LogP contribution in [0.1, 0.15) is 49.2 Å². The molecule has 2 aliphatic rings. The minimum atomic E-state index is -0.232. The Balaban J connectivity index is 1.36. The summed E-state index contributed by atoms with van der Waals surface area (Å²) in [7, 11) is 0. The number of halogens is 1. The molecule has 0 N–H and O–H groups in total. The van der Waals surface area contributed by atoms with Crippen LogP contribution in [0, 0.1) is 18.7 Å². The second-order valence-corrected chi connectivity index (χ2v) is 8.19. The molecule has 148 valence electrons. The van der Waals surface area contributed by atoms with Crippen molar-refractivity contribution in [3.8, 4) is 0 Å². The monoisotopic (exact) mass is 382 g/mol. The Morgan fingerprint density at radius 1 is 1.11 bits per heavy atom. The number of piperazine rings is 1. The van der Waals surface area contributed by atoms with E-state index in [0.29, 0.717) is 19.0 Å². The van der Waals surface area contributed by atoms with Gasteiger partial charge in [0.05, 0.1) is 0 Å². The van der Waals surface area contributed by atoms with Crippen LogP contribution >= 0.6 is 0 Å². The van der Waals surface area contributed by atoms with Gasteiger partial charge in [-0.2, -0.15) is 0 Å². The molecule has 1 aliphatic heterocycles. The molecule has 0 radical (unpaired) electrons. The fourth-order valence-electron chi connectivity index (χ4n) is 3.93. The van der Waals surface area contributed by atoms with Crippen molar-refractivity contribution in [2.75, 3.05) is 31.1 Å². The van der Waals surface area contributed by atoms with Gasteiger partial charge < -0.3 is 9.80 Å². The standard InChI is InChI=1S/C22H27FN4O/c1-14(2)21-24-15(3)12-20(25-21)26-8-10-27(11-9-26)22(28)19-13-18(19)16-4-6-17(23)7-5-16/h4-7,12,14,18-19H,8-11,13H2,1-3H3. The van der Waals surface area contributed by atoms with Crippen LogP contribution in [-0.4, -0.2) is 47.0 Å². The average molecular weight is 382 g/mol. The molecule has 5 nitrogen and oxygen atoms in total. The number of amides is 1. The predicted octanol–water partition coefficient (Wildman–Crippen LogP) is 3.50. The molecule has 6 heteroatoms. The summed E-state index contributed by atoms with van der Waals surface area (Å²) in [5, 5.41) is 0. The van der Waals surface area contributed by atoms with E-state index in [4.69, 9.17) is 4.98 Å². The molecular formula is C22H27FN4O. The fourth-order valence-corrected chi connectivity index (χ4v) is 3.93. The molecule has 1 saturated carbocycles.